The number of hydrogen-bond acceptors (Lipinski definition) is 5. The van der Waals surface area contributed by atoms with Crippen LogP contribution >= 0.6 is 0 Å². The summed E-state index contributed by atoms with van der Waals surface area (Å²) in [7, 11) is 0. The summed E-state index contributed by atoms with van der Waals surface area (Å²) < 4.78 is 0. The number of nitrogens with zero attached hydrogens (tertiary/aromatic N) is 2. The molecule has 1 heterocycles. The number of nitrogens with one attached hydrogen (secondary N) is 1. The molecule has 1 fully saturated rings. The highest BCUT2D eigenvalue weighted by Gasteiger charge is 2.30. The van der Waals surface area contributed by atoms with Crippen LogP contribution in [0.2, 0.25) is 0 Å². The highest BCUT2D eigenvalue weighted by molar-refractivity contribution is 6.07. The monoisotopic (exact) mass is 279 g/mol. The lowest BCUT2D eigenvalue weighted by Crippen LogP contribution is -2.46. The van der Waals surface area contributed by atoms with Gasteiger partial charge in [-0.3, -0.25) is 14.9 Å². The molecule has 1 aliphatic rings. The maximum atomic E-state index is 12.4. The summed E-state index contributed by atoms with van der Waals surface area (Å²) in [6.07, 6.45) is 0. The number of piperazine rings is 1. The number of aromatic carboxylic acids is 1. The average Bonchev–Trinajstić information content (AvgIpc) is 2.46. The molecule has 1 aromatic rings. The number of carbonyl (C=O) groups excluding carboxylic acids is 1. The van der Waals surface area contributed by atoms with Gasteiger partial charge in [0.1, 0.15) is 5.56 Å². The number of nitro benzene ring substituents is 1. The van der Waals surface area contributed by atoms with Crippen molar-refractivity contribution in [3.05, 3.63) is 39.4 Å². The Balaban J connectivity index is 2.49. The minimum Gasteiger partial charge on any atom is -0.478 e. The Morgan fingerprint density at radius 2 is 1.95 bits per heavy atom. The molecule has 20 heavy (non-hydrogen) atoms. The van der Waals surface area contributed by atoms with Crippen molar-refractivity contribution in [3.63, 3.8) is 0 Å². The number of rotatable bonds is 3. The Morgan fingerprint density at radius 1 is 1.30 bits per heavy atom. The van der Waals surface area contributed by atoms with Crippen molar-refractivity contribution in [2.45, 2.75) is 0 Å². The van der Waals surface area contributed by atoms with Crippen LogP contribution in [-0.2, 0) is 0 Å². The van der Waals surface area contributed by atoms with Crippen molar-refractivity contribution in [2.75, 3.05) is 26.2 Å². The Labute approximate surface area is 114 Å². The number of nitro groups is 1. The van der Waals surface area contributed by atoms with E-state index in [0.717, 1.165) is 6.07 Å². The van der Waals surface area contributed by atoms with Crippen molar-refractivity contribution in [2.24, 2.45) is 0 Å². The van der Waals surface area contributed by atoms with Gasteiger partial charge in [-0.25, -0.2) is 4.79 Å². The molecule has 1 aromatic carbocycles. The number of carboxylic acids is 1. The van der Waals surface area contributed by atoms with E-state index in [2.05, 4.69) is 5.32 Å². The molecule has 0 spiro atoms. The lowest BCUT2D eigenvalue weighted by atomic mass is 10.0. The van der Waals surface area contributed by atoms with Gasteiger partial charge in [0.25, 0.3) is 11.6 Å². The molecule has 2 rings (SSSR count). The van der Waals surface area contributed by atoms with Crippen LogP contribution in [0, 0.1) is 10.1 Å². The average molecular weight is 279 g/mol. The van der Waals surface area contributed by atoms with E-state index in [0.29, 0.717) is 26.2 Å². The third-order valence-corrected chi connectivity index (χ3v) is 3.09. The minimum absolute atomic E-state index is 0.345. The normalized spacial score (nSPS) is 14.9. The van der Waals surface area contributed by atoms with Gasteiger partial charge in [0.05, 0.1) is 10.5 Å². The fourth-order valence-corrected chi connectivity index (χ4v) is 2.12. The Hall–Kier alpha value is -2.48. The smallest absolute Gasteiger partial charge is 0.336 e. The third-order valence-electron chi connectivity index (χ3n) is 3.09. The molecular weight excluding hydrogens is 266 g/mol. The van der Waals surface area contributed by atoms with Crippen LogP contribution in [-0.4, -0.2) is 53.0 Å². The standard InChI is InChI=1S/C12H13N3O5/c16-11(14-6-4-13-5-7-14)10-8(12(17)18)2-1-3-9(10)15(19)20/h1-3,13H,4-7H2,(H,17,18). The first kappa shape index (κ1) is 13.9. The summed E-state index contributed by atoms with van der Waals surface area (Å²) in [6.45, 7) is 1.94. The van der Waals surface area contributed by atoms with Gasteiger partial charge in [-0.15, -0.1) is 0 Å². The van der Waals surface area contributed by atoms with E-state index >= 15 is 0 Å². The SMILES string of the molecule is O=C(O)c1cccc([N+](=O)[O-])c1C(=O)N1CCNCC1. The second kappa shape index (κ2) is 5.66. The number of carbonyl (C=O) groups is 2. The maximum Gasteiger partial charge on any atom is 0.336 e. The predicted octanol–water partition coefficient (Wildman–Crippen LogP) is 0.338. The van der Waals surface area contributed by atoms with Crippen LogP contribution in [0.3, 0.4) is 0 Å². The summed E-state index contributed by atoms with van der Waals surface area (Å²) in [4.78, 5) is 35.3. The highest BCUT2D eigenvalue weighted by Crippen LogP contribution is 2.24. The van der Waals surface area contributed by atoms with Crippen molar-refractivity contribution in [3.8, 4) is 0 Å². The van der Waals surface area contributed by atoms with Gasteiger partial charge in [-0.1, -0.05) is 6.07 Å². The molecule has 0 aromatic heterocycles. The number of hydrogen-bond donors (Lipinski definition) is 2. The van der Waals surface area contributed by atoms with E-state index in [1.165, 1.54) is 17.0 Å². The van der Waals surface area contributed by atoms with Crippen LogP contribution in [0.15, 0.2) is 18.2 Å². The van der Waals surface area contributed by atoms with E-state index in [-0.39, 0.29) is 11.1 Å². The Bertz CT molecular complexity index is 534. The number of amides is 1. The topological polar surface area (TPSA) is 113 Å². The van der Waals surface area contributed by atoms with Crippen LogP contribution in [0.5, 0.6) is 0 Å². The first-order valence-electron chi connectivity index (χ1n) is 6.03. The molecular formula is C12H13N3O5. The zero-order chi connectivity index (χ0) is 14.7. The van der Waals surface area contributed by atoms with E-state index < -0.39 is 22.5 Å². The van der Waals surface area contributed by atoms with Gasteiger partial charge in [-0.2, -0.15) is 0 Å². The summed E-state index contributed by atoms with van der Waals surface area (Å²) in [5.74, 6) is -1.97. The fourth-order valence-electron chi connectivity index (χ4n) is 2.12. The minimum atomic E-state index is -1.35. The van der Waals surface area contributed by atoms with Crippen LogP contribution in [0.1, 0.15) is 20.7 Å². The van der Waals surface area contributed by atoms with Crippen molar-refractivity contribution in [1.29, 1.82) is 0 Å². The molecule has 0 bridgehead atoms. The van der Waals surface area contributed by atoms with Crippen LogP contribution < -0.4 is 5.32 Å². The fraction of sp³-hybridized carbons (Fsp3) is 0.333. The summed E-state index contributed by atoms with van der Waals surface area (Å²) in [6, 6.07) is 3.60. The number of carboxylic acid groups (broad SMARTS) is 1. The van der Waals surface area contributed by atoms with Gasteiger partial charge in [0.15, 0.2) is 0 Å². The lowest BCUT2D eigenvalue weighted by molar-refractivity contribution is -0.385. The van der Waals surface area contributed by atoms with Gasteiger partial charge in [0.2, 0.25) is 0 Å². The van der Waals surface area contributed by atoms with E-state index in [1.807, 2.05) is 0 Å². The zero-order valence-corrected chi connectivity index (χ0v) is 10.5. The zero-order valence-electron chi connectivity index (χ0n) is 10.5. The first-order valence-corrected chi connectivity index (χ1v) is 6.03. The van der Waals surface area contributed by atoms with Crippen molar-refractivity contribution >= 4 is 17.6 Å². The molecule has 8 nitrogen and oxygen atoms in total. The quantitative estimate of drug-likeness (QED) is 0.609. The molecule has 2 N–H and O–H groups in total. The summed E-state index contributed by atoms with van der Waals surface area (Å²) >= 11 is 0. The van der Waals surface area contributed by atoms with Crippen LogP contribution in [0.4, 0.5) is 5.69 Å². The highest BCUT2D eigenvalue weighted by atomic mass is 16.6. The predicted molar refractivity (Wildman–Crippen MR) is 68.8 cm³/mol. The van der Waals surface area contributed by atoms with E-state index in [1.54, 1.807) is 0 Å². The summed E-state index contributed by atoms with van der Waals surface area (Å²) in [5, 5.41) is 23.2. The molecule has 0 unspecified atom stereocenters. The molecule has 106 valence electrons. The van der Waals surface area contributed by atoms with Gasteiger partial charge in [0, 0.05) is 32.2 Å². The first-order chi connectivity index (χ1) is 9.52. The van der Waals surface area contributed by atoms with Gasteiger partial charge < -0.3 is 15.3 Å². The van der Waals surface area contributed by atoms with E-state index in [4.69, 9.17) is 5.11 Å². The largest absolute Gasteiger partial charge is 0.478 e. The molecule has 8 heteroatoms. The molecule has 1 amide bonds. The molecule has 1 aliphatic heterocycles. The molecule has 0 atom stereocenters. The molecule has 0 radical (unpaired) electrons. The third kappa shape index (κ3) is 2.59. The molecule has 0 aliphatic carbocycles. The maximum absolute atomic E-state index is 12.4. The van der Waals surface area contributed by atoms with E-state index in [9.17, 15) is 19.7 Å². The molecule has 0 saturated carbocycles. The van der Waals surface area contributed by atoms with Gasteiger partial charge >= 0.3 is 5.97 Å². The van der Waals surface area contributed by atoms with Crippen molar-refractivity contribution in [1.82, 2.24) is 10.2 Å². The molecule has 1 saturated heterocycles. The van der Waals surface area contributed by atoms with Crippen LogP contribution in [0.25, 0.3) is 0 Å². The second-order valence-corrected chi connectivity index (χ2v) is 4.30. The van der Waals surface area contributed by atoms with Gasteiger partial charge in [-0.05, 0) is 6.07 Å². The number of benzene rings is 1. The lowest BCUT2D eigenvalue weighted by Gasteiger charge is -2.27. The Morgan fingerprint density at radius 3 is 2.50 bits per heavy atom. The van der Waals surface area contributed by atoms with Crippen molar-refractivity contribution < 1.29 is 19.6 Å². The Kier molecular flexibility index (Phi) is 3.94. The summed E-state index contributed by atoms with van der Waals surface area (Å²) in [5.41, 5.74) is -1.18. The second-order valence-electron chi connectivity index (χ2n) is 4.30.